The molecule has 3 N–H and O–H groups in total. The fraction of sp³-hybridized carbons (Fsp3) is 0.100. The van der Waals surface area contributed by atoms with E-state index in [9.17, 15) is 9.59 Å². The molecular weight excluding hydrogens is 210 g/mol. The minimum absolute atomic E-state index is 0.115. The zero-order valence-electron chi connectivity index (χ0n) is 8.62. The Hall–Kier alpha value is -2.37. The molecule has 0 aliphatic heterocycles. The number of hydrazone groups is 1. The van der Waals surface area contributed by atoms with Crippen LogP contribution in [0.15, 0.2) is 29.4 Å². The van der Waals surface area contributed by atoms with Crippen molar-refractivity contribution in [1.82, 2.24) is 5.01 Å². The Morgan fingerprint density at radius 2 is 2.06 bits per heavy atom. The standard InChI is InChI=1S/C10H11N3O3/c1-13(10(11)16)12-6-7-4-2-3-5-8(7)9(14)15/h2-6H,1H3,(H2,11,16)(H,14,15)/b12-6+. The van der Waals surface area contributed by atoms with Crippen molar-refractivity contribution in [2.24, 2.45) is 10.8 Å². The van der Waals surface area contributed by atoms with Crippen molar-refractivity contribution in [2.75, 3.05) is 7.05 Å². The molecule has 6 nitrogen and oxygen atoms in total. The van der Waals surface area contributed by atoms with E-state index in [-0.39, 0.29) is 5.56 Å². The monoisotopic (exact) mass is 221 g/mol. The summed E-state index contributed by atoms with van der Waals surface area (Å²) in [5.41, 5.74) is 5.48. The van der Waals surface area contributed by atoms with Gasteiger partial charge in [0.25, 0.3) is 0 Å². The molecule has 0 unspecified atom stereocenters. The van der Waals surface area contributed by atoms with Gasteiger partial charge in [0.2, 0.25) is 0 Å². The van der Waals surface area contributed by atoms with Crippen LogP contribution in [0.1, 0.15) is 15.9 Å². The molecule has 0 radical (unpaired) electrons. The van der Waals surface area contributed by atoms with E-state index in [0.717, 1.165) is 5.01 Å². The molecule has 0 heterocycles. The Balaban J connectivity index is 2.97. The summed E-state index contributed by atoms with van der Waals surface area (Å²) in [6.07, 6.45) is 1.27. The SMILES string of the molecule is CN(/N=C/c1ccccc1C(=O)O)C(N)=O. The third kappa shape index (κ3) is 2.81. The first-order valence-electron chi connectivity index (χ1n) is 4.42. The molecule has 2 amide bonds. The van der Waals surface area contributed by atoms with E-state index >= 15 is 0 Å². The van der Waals surface area contributed by atoms with Crippen molar-refractivity contribution < 1.29 is 14.7 Å². The average molecular weight is 221 g/mol. The second kappa shape index (κ2) is 4.92. The van der Waals surface area contributed by atoms with Crippen LogP contribution in [0.25, 0.3) is 0 Å². The number of carbonyl (C=O) groups excluding carboxylic acids is 1. The van der Waals surface area contributed by atoms with Gasteiger partial charge in [0.1, 0.15) is 0 Å². The van der Waals surface area contributed by atoms with E-state index in [1.54, 1.807) is 18.2 Å². The van der Waals surface area contributed by atoms with E-state index < -0.39 is 12.0 Å². The third-order valence-corrected chi connectivity index (χ3v) is 1.88. The Bertz CT molecular complexity index is 443. The van der Waals surface area contributed by atoms with Crippen molar-refractivity contribution in [1.29, 1.82) is 0 Å². The number of aromatic carboxylic acids is 1. The van der Waals surface area contributed by atoms with Gasteiger partial charge in [-0.05, 0) is 6.07 Å². The van der Waals surface area contributed by atoms with Crippen LogP contribution >= 0.6 is 0 Å². The van der Waals surface area contributed by atoms with Gasteiger partial charge in [-0.3, -0.25) is 0 Å². The maximum atomic E-state index is 10.8. The predicted octanol–water partition coefficient (Wildman–Crippen LogP) is 0.729. The lowest BCUT2D eigenvalue weighted by molar-refractivity contribution is 0.0696. The molecule has 0 saturated heterocycles. The van der Waals surface area contributed by atoms with E-state index in [1.165, 1.54) is 19.3 Å². The fourth-order valence-electron chi connectivity index (χ4n) is 1.01. The van der Waals surface area contributed by atoms with E-state index in [2.05, 4.69) is 5.10 Å². The Labute approximate surface area is 92.0 Å². The number of carboxylic acid groups (broad SMARTS) is 1. The highest BCUT2D eigenvalue weighted by molar-refractivity contribution is 5.98. The predicted molar refractivity (Wildman–Crippen MR) is 58.3 cm³/mol. The molecule has 0 fully saturated rings. The Morgan fingerprint density at radius 1 is 1.44 bits per heavy atom. The molecule has 0 atom stereocenters. The molecule has 0 aliphatic rings. The quantitative estimate of drug-likeness (QED) is 0.581. The number of nitrogens with two attached hydrogens (primary N) is 1. The highest BCUT2D eigenvalue weighted by atomic mass is 16.4. The number of rotatable bonds is 3. The fourth-order valence-corrected chi connectivity index (χ4v) is 1.01. The lowest BCUT2D eigenvalue weighted by atomic mass is 10.1. The van der Waals surface area contributed by atoms with E-state index in [1.807, 2.05) is 0 Å². The molecule has 84 valence electrons. The van der Waals surface area contributed by atoms with Crippen LogP contribution < -0.4 is 5.73 Å². The number of nitrogens with zero attached hydrogens (tertiary/aromatic N) is 2. The van der Waals surface area contributed by atoms with Crippen molar-refractivity contribution in [3.05, 3.63) is 35.4 Å². The van der Waals surface area contributed by atoms with Crippen molar-refractivity contribution in [3.63, 3.8) is 0 Å². The molecule has 0 spiro atoms. The molecule has 1 rings (SSSR count). The van der Waals surface area contributed by atoms with Gasteiger partial charge in [0, 0.05) is 12.6 Å². The number of hydrogen-bond donors (Lipinski definition) is 2. The number of carboxylic acids is 1. The lowest BCUT2D eigenvalue weighted by Gasteiger charge is -2.06. The maximum absolute atomic E-state index is 10.8. The number of urea groups is 1. The Morgan fingerprint density at radius 3 is 2.62 bits per heavy atom. The van der Waals surface area contributed by atoms with Crippen LogP contribution in [-0.2, 0) is 0 Å². The van der Waals surface area contributed by atoms with Crippen LogP contribution in [0.2, 0.25) is 0 Å². The topological polar surface area (TPSA) is 96.0 Å². The largest absolute Gasteiger partial charge is 0.478 e. The van der Waals surface area contributed by atoms with Gasteiger partial charge in [-0.1, -0.05) is 18.2 Å². The highest BCUT2D eigenvalue weighted by Gasteiger charge is 2.07. The summed E-state index contributed by atoms with van der Waals surface area (Å²) in [6, 6.07) is 5.61. The molecule has 6 heteroatoms. The summed E-state index contributed by atoms with van der Waals surface area (Å²) >= 11 is 0. The number of amides is 2. The minimum atomic E-state index is -1.05. The Kier molecular flexibility index (Phi) is 3.60. The molecule has 1 aromatic rings. The second-order valence-corrected chi connectivity index (χ2v) is 3.00. The summed E-state index contributed by atoms with van der Waals surface area (Å²) in [7, 11) is 1.38. The van der Waals surface area contributed by atoms with Crippen LogP contribution in [0.4, 0.5) is 4.79 Å². The highest BCUT2D eigenvalue weighted by Crippen LogP contribution is 2.06. The summed E-state index contributed by atoms with van der Waals surface area (Å²) in [5.74, 6) is -1.05. The summed E-state index contributed by atoms with van der Waals surface area (Å²) in [5, 5.41) is 13.5. The molecule has 0 aliphatic carbocycles. The van der Waals surface area contributed by atoms with Gasteiger partial charge >= 0.3 is 12.0 Å². The summed E-state index contributed by atoms with van der Waals surface area (Å²) < 4.78 is 0. The van der Waals surface area contributed by atoms with Crippen LogP contribution in [-0.4, -0.2) is 35.4 Å². The number of carbonyl (C=O) groups is 2. The van der Waals surface area contributed by atoms with Crippen LogP contribution in [0.5, 0.6) is 0 Å². The maximum Gasteiger partial charge on any atom is 0.336 e. The zero-order valence-corrected chi connectivity index (χ0v) is 8.62. The van der Waals surface area contributed by atoms with Crippen molar-refractivity contribution in [3.8, 4) is 0 Å². The van der Waals surface area contributed by atoms with Gasteiger partial charge in [0.15, 0.2) is 0 Å². The molecule has 16 heavy (non-hydrogen) atoms. The van der Waals surface area contributed by atoms with Gasteiger partial charge < -0.3 is 10.8 Å². The van der Waals surface area contributed by atoms with Crippen molar-refractivity contribution in [2.45, 2.75) is 0 Å². The van der Waals surface area contributed by atoms with Crippen LogP contribution in [0, 0.1) is 0 Å². The van der Waals surface area contributed by atoms with Crippen LogP contribution in [0.3, 0.4) is 0 Å². The zero-order chi connectivity index (χ0) is 12.1. The summed E-state index contributed by atoms with van der Waals surface area (Å²) in [6.45, 7) is 0. The first-order valence-corrected chi connectivity index (χ1v) is 4.42. The second-order valence-electron chi connectivity index (χ2n) is 3.00. The molecule has 1 aromatic carbocycles. The van der Waals surface area contributed by atoms with Gasteiger partial charge in [-0.15, -0.1) is 0 Å². The number of benzene rings is 1. The first kappa shape index (κ1) is 11.7. The lowest BCUT2D eigenvalue weighted by Crippen LogP contribution is -2.27. The minimum Gasteiger partial charge on any atom is -0.478 e. The third-order valence-electron chi connectivity index (χ3n) is 1.88. The molecule has 0 aromatic heterocycles. The molecule has 0 bridgehead atoms. The van der Waals surface area contributed by atoms with Gasteiger partial charge in [0.05, 0.1) is 11.8 Å². The smallest absolute Gasteiger partial charge is 0.336 e. The molecule has 0 saturated carbocycles. The number of hydrogen-bond acceptors (Lipinski definition) is 3. The van der Waals surface area contributed by atoms with Crippen molar-refractivity contribution >= 4 is 18.2 Å². The normalized spacial score (nSPS) is 10.3. The van der Waals surface area contributed by atoms with E-state index in [4.69, 9.17) is 10.8 Å². The first-order chi connectivity index (χ1) is 7.52. The van der Waals surface area contributed by atoms with Gasteiger partial charge in [-0.2, -0.15) is 5.10 Å². The summed E-state index contributed by atoms with van der Waals surface area (Å²) in [4.78, 5) is 21.5. The van der Waals surface area contributed by atoms with E-state index in [0.29, 0.717) is 5.56 Å². The average Bonchev–Trinajstić information content (AvgIpc) is 2.25. The molecular formula is C10H11N3O3. The van der Waals surface area contributed by atoms with Gasteiger partial charge in [-0.25, -0.2) is 14.6 Å². The number of primary amides is 1.